The fourth-order valence-electron chi connectivity index (χ4n) is 1.52. The maximum atomic E-state index is 11.6. The molecule has 3 nitrogen and oxygen atoms in total. The summed E-state index contributed by atoms with van der Waals surface area (Å²) in [5, 5.41) is 6.06. The summed E-state index contributed by atoms with van der Waals surface area (Å²) in [7, 11) is 0. The predicted octanol–water partition coefficient (Wildman–Crippen LogP) is 1.29. The van der Waals surface area contributed by atoms with Crippen molar-refractivity contribution in [3.63, 3.8) is 0 Å². The average Bonchev–Trinajstić information content (AvgIpc) is 3.19. The van der Waals surface area contributed by atoms with Crippen LogP contribution >= 0.6 is 0 Å². The summed E-state index contributed by atoms with van der Waals surface area (Å²) in [5.74, 6) is 6.13. The van der Waals surface area contributed by atoms with Gasteiger partial charge in [-0.25, -0.2) is 0 Å². The van der Waals surface area contributed by atoms with Crippen LogP contribution in [0.3, 0.4) is 0 Å². The molecular weight excluding hydrogens is 224 g/mol. The molecule has 0 saturated heterocycles. The first-order valence-corrected chi connectivity index (χ1v) is 6.33. The van der Waals surface area contributed by atoms with E-state index < -0.39 is 0 Å². The van der Waals surface area contributed by atoms with E-state index in [0.29, 0.717) is 12.6 Å². The zero-order valence-corrected chi connectivity index (χ0v) is 10.6. The Morgan fingerprint density at radius 1 is 1.39 bits per heavy atom. The van der Waals surface area contributed by atoms with E-state index in [9.17, 15) is 4.79 Å². The summed E-state index contributed by atoms with van der Waals surface area (Å²) in [6.07, 6.45) is 2.23. The Balaban J connectivity index is 1.71. The summed E-state index contributed by atoms with van der Waals surface area (Å²) < 4.78 is 0. The van der Waals surface area contributed by atoms with Gasteiger partial charge in [0.05, 0.1) is 12.6 Å². The largest absolute Gasteiger partial charge is 0.352 e. The molecule has 18 heavy (non-hydrogen) atoms. The van der Waals surface area contributed by atoms with Gasteiger partial charge >= 0.3 is 0 Å². The number of amides is 1. The molecule has 2 rings (SSSR count). The van der Waals surface area contributed by atoms with Crippen molar-refractivity contribution in [1.29, 1.82) is 0 Å². The van der Waals surface area contributed by atoms with E-state index in [1.165, 1.54) is 0 Å². The number of hydrogen-bond donors (Lipinski definition) is 2. The number of hydrogen-bond acceptors (Lipinski definition) is 2. The molecule has 1 atom stereocenters. The Labute approximate surface area is 108 Å². The predicted molar refractivity (Wildman–Crippen MR) is 71.9 cm³/mol. The maximum Gasteiger partial charge on any atom is 0.237 e. The number of carbonyl (C=O) groups is 1. The van der Waals surface area contributed by atoms with Gasteiger partial charge in [0, 0.05) is 11.6 Å². The first kappa shape index (κ1) is 12.7. The molecule has 0 heterocycles. The van der Waals surface area contributed by atoms with E-state index in [1.807, 2.05) is 37.3 Å². The SMILES string of the molecule is CC(NCC#Cc1ccccc1)C(=O)NC1CC1. The standard InChI is InChI=1S/C15H18N2O/c1-12(15(18)17-14-9-10-14)16-11-5-8-13-6-3-2-4-7-13/h2-4,6-7,12,14,16H,9-11H2,1H3,(H,17,18). The van der Waals surface area contributed by atoms with Gasteiger partial charge < -0.3 is 5.32 Å². The molecule has 1 amide bonds. The van der Waals surface area contributed by atoms with Crippen molar-refractivity contribution in [1.82, 2.24) is 10.6 Å². The molecule has 2 N–H and O–H groups in total. The van der Waals surface area contributed by atoms with E-state index in [-0.39, 0.29) is 11.9 Å². The summed E-state index contributed by atoms with van der Waals surface area (Å²) in [5.41, 5.74) is 0.995. The lowest BCUT2D eigenvalue weighted by Crippen LogP contribution is -2.43. The Kier molecular flexibility index (Phi) is 4.38. The second-order valence-corrected chi connectivity index (χ2v) is 4.55. The lowest BCUT2D eigenvalue weighted by molar-refractivity contribution is -0.122. The highest BCUT2D eigenvalue weighted by Gasteiger charge is 2.25. The third kappa shape index (κ3) is 4.23. The van der Waals surface area contributed by atoms with Gasteiger partial charge in [0.25, 0.3) is 0 Å². The Morgan fingerprint density at radius 3 is 2.78 bits per heavy atom. The van der Waals surface area contributed by atoms with Crippen molar-refractivity contribution in [3.8, 4) is 11.8 Å². The fraction of sp³-hybridized carbons (Fsp3) is 0.400. The zero-order chi connectivity index (χ0) is 12.8. The molecule has 1 saturated carbocycles. The highest BCUT2D eigenvalue weighted by Crippen LogP contribution is 2.18. The van der Waals surface area contributed by atoms with Crippen LogP contribution in [0.2, 0.25) is 0 Å². The van der Waals surface area contributed by atoms with Crippen LogP contribution < -0.4 is 10.6 Å². The topological polar surface area (TPSA) is 41.1 Å². The van der Waals surface area contributed by atoms with Crippen LogP contribution in [-0.4, -0.2) is 24.5 Å². The highest BCUT2D eigenvalue weighted by atomic mass is 16.2. The lowest BCUT2D eigenvalue weighted by Gasteiger charge is -2.11. The molecule has 0 spiro atoms. The Hall–Kier alpha value is -1.79. The number of nitrogens with one attached hydrogen (secondary N) is 2. The van der Waals surface area contributed by atoms with Crippen LogP contribution in [0.5, 0.6) is 0 Å². The van der Waals surface area contributed by atoms with Crippen LogP contribution in [0.1, 0.15) is 25.3 Å². The number of carbonyl (C=O) groups excluding carboxylic acids is 1. The van der Waals surface area contributed by atoms with E-state index in [2.05, 4.69) is 22.5 Å². The molecule has 3 heteroatoms. The Bertz CT molecular complexity index is 454. The quantitative estimate of drug-likeness (QED) is 0.781. The maximum absolute atomic E-state index is 11.6. The Morgan fingerprint density at radius 2 is 2.11 bits per heavy atom. The van der Waals surface area contributed by atoms with Gasteiger partial charge in [0.15, 0.2) is 0 Å². The van der Waals surface area contributed by atoms with Crippen molar-refractivity contribution in [3.05, 3.63) is 35.9 Å². The summed E-state index contributed by atoms with van der Waals surface area (Å²) in [4.78, 5) is 11.6. The van der Waals surface area contributed by atoms with Gasteiger partial charge in [0.1, 0.15) is 0 Å². The minimum absolute atomic E-state index is 0.0685. The van der Waals surface area contributed by atoms with Crippen molar-refractivity contribution < 1.29 is 4.79 Å². The van der Waals surface area contributed by atoms with Crippen molar-refractivity contribution in [2.75, 3.05) is 6.54 Å². The number of rotatable bonds is 4. The zero-order valence-electron chi connectivity index (χ0n) is 10.6. The highest BCUT2D eigenvalue weighted by molar-refractivity contribution is 5.81. The normalized spacial score (nSPS) is 15.4. The fourth-order valence-corrected chi connectivity index (χ4v) is 1.52. The van der Waals surface area contributed by atoms with Gasteiger partial charge in [-0.15, -0.1) is 0 Å². The van der Waals surface area contributed by atoms with Crippen molar-refractivity contribution in [2.24, 2.45) is 0 Å². The smallest absolute Gasteiger partial charge is 0.237 e. The third-order valence-electron chi connectivity index (χ3n) is 2.82. The summed E-state index contributed by atoms with van der Waals surface area (Å²) in [6, 6.07) is 10.1. The second kappa shape index (κ2) is 6.23. The molecule has 1 aromatic carbocycles. The van der Waals surface area contributed by atoms with Crippen molar-refractivity contribution in [2.45, 2.75) is 31.8 Å². The van der Waals surface area contributed by atoms with E-state index in [1.54, 1.807) is 0 Å². The molecule has 1 aromatic rings. The third-order valence-corrected chi connectivity index (χ3v) is 2.82. The minimum atomic E-state index is -0.185. The van der Waals surface area contributed by atoms with Crippen LogP contribution in [-0.2, 0) is 4.79 Å². The van der Waals surface area contributed by atoms with Crippen molar-refractivity contribution >= 4 is 5.91 Å². The van der Waals surface area contributed by atoms with Crippen LogP contribution in [0, 0.1) is 11.8 Å². The van der Waals surface area contributed by atoms with E-state index in [0.717, 1.165) is 18.4 Å². The summed E-state index contributed by atoms with van der Waals surface area (Å²) >= 11 is 0. The summed E-state index contributed by atoms with van der Waals surface area (Å²) in [6.45, 7) is 2.38. The number of benzene rings is 1. The molecular formula is C15H18N2O. The monoisotopic (exact) mass is 242 g/mol. The van der Waals surface area contributed by atoms with Gasteiger partial charge in [0.2, 0.25) is 5.91 Å². The molecule has 0 bridgehead atoms. The molecule has 1 aliphatic rings. The van der Waals surface area contributed by atoms with Crippen LogP contribution in [0.15, 0.2) is 30.3 Å². The van der Waals surface area contributed by atoms with E-state index in [4.69, 9.17) is 0 Å². The first-order chi connectivity index (χ1) is 8.75. The minimum Gasteiger partial charge on any atom is -0.352 e. The lowest BCUT2D eigenvalue weighted by atomic mass is 10.2. The molecule has 1 aliphatic carbocycles. The molecule has 1 fully saturated rings. The van der Waals surface area contributed by atoms with Gasteiger partial charge in [-0.1, -0.05) is 30.0 Å². The van der Waals surface area contributed by atoms with Gasteiger partial charge in [-0.2, -0.15) is 0 Å². The molecule has 0 aromatic heterocycles. The molecule has 1 unspecified atom stereocenters. The average molecular weight is 242 g/mol. The second-order valence-electron chi connectivity index (χ2n) is 4.55. The molecule has 0 aliphatic heterocycles. The molecule has 94 valence electrons. The van der Waals surface area contributed by atoms with Crippen LogP contribution in [0.4, 0.5) is 0 Å². The molecule has 0 radical (unpaired) electrons. The first-order valence-electron chi connectivity index (χ1n) is 6.33. The van der Waals surface area contributed by atoms with Gasteiger partial charge in [-0.05, 0) is 31.9 Å². The van der Waals surface area contributed by atoms with E-state index >= 15 is 0 Å². The van der Waals surface area contributed by atoms with Crippen LogP contribution in [0.25, 0.3) is 0 Å². The van der Waals surface area contributed by atoms with Gasteiger partial charge in [-0.3, -0.25) is 10.1 Å².